The van der Waals surface area contributed by atoms with E-state index in [1.807, 2.05) is 38.1 Å². The molecule has 1 aromatic rings. The van der Waals surface area contributed by atoms with Crippen molar-refractivity contribution in [1.29, 1.82) is 0 Å². The van der Waals surface area contributed by atoms with Gasteiger partial charge in [-0.2, -0.15) is 0 Å². The van der Waals surface area contributed by atoms with Crippen molar-refractivity contribution in [2.24, 2.45) is 5.73 Å². The van der Waals surface area contributed by atoms with E-state index in [0.717, 1.165) is 17.7 Å². The Morgan fingerprint density at radius 3 is 2.35 bits per heavy atom. The Balaban J connectivity index is 2.42. The Morgan fingerprint density at radius 1 is 1.29 bits per heavy atom. The van der Waals surface area contributed by atoms with Gasteiger partial charge in [0.2, 0.25) is 0 Å². The molecule has 0 aliphatic rings. The maximum absolute atomic E-state index is 11.7. The Bertz CT molecular complexity index is 363. The summed E-state index contributed by atoms with van der Waals surface area (Å²) in [7, 11) is 1.64. The van der Waals surface area contributed by atoms with Crippen LogP contribution in [-0.4, -0.2) is 18.4 Å². The number of methoxy groups -OCH3 is 1. The van der Waals surface area contributed by atoms with Crippen LogP contribution >= 0.6 is 0 Å². The van der Waals surface area contributed by atoms with Crippen LogP contribution in [0.15, 0.2) is 24.3 Å². The fourth-order valence-corrected chi connectivity index (χ4v) is 1.67. The summed E-state index contributed by atoms with van der Waals surface area (Å²) in [6.45, 7) is 3.75. The third-order valence-electron chi connectivity index (χ3n) is 2.50. The highest BCUT2D eigenvalue weighted by atomic mass is 16.5. The molecule has 0 heterocycles. The lowest BCUT2D eigenvalue weighted by atomic mass is 9.96. The monoisotopic (exact) mass is 235 g/mol. The number of carbonyl (C=O) groups excluding carboxylic acids is 1. The molecule has 0 aliphatic heterocycles. The van der Waals surface area contributed by atoms with Crippen molar-refractivity contribution >= 4 is 5.78 Å². The molecule has 0 saturated carbocycles. The highest BCUT2D eigenvalue weighted by Gasteiger charge is 2.15. The molecule has 0 saturated heterocycles. The summed E-state index contributed by atoms with van der Waals surface area (Å²) in [5.74, 6) is 1.05. The summed E-state index contributed by atoms with van der Waals surface area (Å²) in [5.41, 5.74) is 6.55. The van der Waals surface area contributed by atoms with Crippen molar-refractivity contribution in [3.05, 3.63) is 29.8 Å². The molecular formula is C14H21NO2. The minimum atomic E-state index is -0.406. The molecule has 0 atom stereocenters. The van der Waals surface area contributed by atoms with Crippen molar-refractivity contribution in [1.82, 2.24) is 0 Å². The van der Waals surface area contributed by atoms with Gasteiger partial charge in [-0.15, -0.1) is 0 Å². The molecule has 3 heteroatoms. The van der Waals surface area contributed by atoms with Crippen LogP contribution in [0.1, 0.15) is 32.3 Å². The van der Waals surface area contributed by atoms with E-state index >= 15 is 0 Å². The van der Waals surface area contributed by atoms with Gasteiger partial charge in [0.1, 0.15) is 11.5 Å². The van der Waals surface area contributed by atoms with Crippen LogP contribution in [0.3, 0.4) is 0 Å². The average Bonchev–Trinajstić information content (AvgIpc) is 2.25. The zero-order valence-electron chi connectivity index (χ0n) is 10.8. The number of ketones is 1. The third kappa shape index (κ3) is 5.50. The third-order valence-corrected chi connectivity index (χ3v) is 2.50. The molecule has 0 aliphatic carbocycles. The van der Waals surface area contributed by atoms with E-state index in [2.05, 4.69) is 0 Å². The molecule has 94 valence electrons. The second kappa shape index (κ2) is 5.82. The van der Waals surface area contributed by atoms with Crippen molar-refractivity contribution < 1.29 is 9.53 Å². The van der Waals surface area contributed by atoms with Crippen LogP contribution in [0.4, 0.5) is 0 Å². The molecule has 17 heavy (non-hydrogen) atoms. The van der Waals surface area contributed by atoms with Gasteiger partial charge >= 0.3 is 0 Å². The van der Waals surface area contributed by atoms with Crippen molar-refractivity contribution in [3.63, 3.8) is 0 Å². The number of rotatable bonds is 6. The lowest BCUT2D eigenvalue weighted by molar-refractivity contribution is -0.119. The van der Waals surface area contributed by atoms with E-state index in [4.69, 9.17) is 10.5 Å². The Morgan fingerprint density at radius 2 is 1.88 bits per heavy atom. The van der Waals surface area contributed by atoms with E-state index in [-0.39, 0.29) is 5.78 Å². The molecule has 0 fully saturated rings. The Kier molecular flexibility index (Phi) is 4.70. The van der Waals surface area contributed by atoms with Crippen LogP contribution in [-0.2, 0) is 11.2 Å². The number of hydrogen-bond donors (Lipinski definition) is 1. The first-order valence-corrected chi connectivity index (χ1v) is 5.84. The van der Waals surface area contributed by atoms with Gasteiger partial charge in [-0.1, -0.05) is 12.1 Å². The van der Waals surface area contributed by atoms with Gasteiger partial charge in [0.15, 0.2) is 0 Å². The molecule has 0 aromatic heterocycles. The van der Waals surface area contributed by atoms with E-state index in [1.54, 1.807) is 7.11 Å². The molecule has 0 spiro atoms. The predicted molar refractivity (Wildman–Crippen MR) is 69.2 cm³/mol. The number of carbonyl (C=O) groups is 1. The minimum Gasteiger partial charge on any atom is -0.497 e. The number of Topliss-reactive ketones (excluding diaryl/α,β-unsaturated/α-hetero) is 1. The highest BCUT2D eigenvalue weighted by molar-refractivity contribution is 5.79. The number of benzene rings is 1. The predicted octanol–water partition coefficient (Wildman–Crippen LogP) is 2.32. The zero-order valence-corrected chi connectivity index (χ0v) is 10.8. The summed E-state index contributed by atoms with van der Waals surface area (Å²) < 4.78 is 5.08. The second-order valence-electron chi connectivity index (χ2n) is 5.05. The largest absolute Gasteiger partial charge is 0.497 e. The van der Waals surface area contributed by atoms with Gasteiger partial charge in [0.05, 0.1) is 7.11 Å². The Hall–Kier alpha value is -1.35. The standard InChI is InChI=1S/C14H21NO2/c1-14(2,15)10-12(16)7-4-11-5-8-13(17-3)9-6-11/h5-6,8-9H,4,7,10,15H2,1-3H3. The molecule has 2 N–H and O–H groups in total. The first-order valence-electron chi connectivity index (χ1n) is 5.84. The first-order chi connectivity index (χ1) is 7.90. The molecule has 0 bridgehead atoms. The number of hydrogen-bond acceptors (Lipinski definition) is 3. The van der Waals surface area contributed by atoms with Crippen LogP contribution in [0.5, 0.6) is 5.75 Å². The van der Waals surface area contributed by atoms with Crippen molar-refractivity contribution in [2.45, 2.75) is 38.6 Å². The molecular weight excluding hydrogens is 214 g/mol. The fourth-order valence-electron chi connectivity index (χ4n) is 1.67. The van der Waals surface area contributed by atoms with Crippen molar-refractivity contribution in [2.75, 3.05) is 7.11 Å². The smallest absolute Gasteiger partial charge is 0.135 e. The lowest BCUT2D eigenvalue weighted by Crippen LogP contribution is -2.34. The molecule has 0 radical (unpaired) electrons. The summed E-state index contributed by atoms with van der Waals surface area (Å²) >= 11 is 0. The van der Waals surface area contributed by atoms with Gasteiger partial charge in [0.25, 0.3) is 0 Å². The van der Waals surface area contributed by atoms with Gasteiger partial charge in [0, 0.05) is 18.4 Å². The van der Waals surface area contributed by atoms with Crippen molar-refractivity contribution in [3.8, 4) is 5.75 Å². The molecule has 1 rings (SSSR count). The normalized spacial score (nSPS) is 11.3. The SMILES string of the molecule is COc1ccc(CCC(=O)CC(C)(C)N)cc1. The van der Waals surface area contributed by atoms with Gasteiger partial charge in [-0.25, -0.2) is 0 Å². The topological polar surface area (TPSA) is 52.3 Å². The highest BCUT2D eigenvalue weighted by Crippen LogP contribution is 2.14. The summed E-state index contributed by atoms with van der Waals surface area (Å²) in [6, 6.07) is 7.79. The fraction of sp³-hybridized carbons (Fsp3) is 0.500. The van der Waals surface area contributed by atoms with Gasteiger partial charge < -0.3 is 10.5 Å². The summed E-state index contributed by atoms with van der Waals surface area (Å²) in [4.78, 5) is 11.7. The quantitative estimate of drug-likeness (QED) is 0.823. The van der Waals surface area contributed by atoms with E-state index in [1.165, 1.54) is 0 Å². The van der Waals surface area contributed by atoms with Gasteiger partial charge in [-0.3, -0.25) is 4.79 Å². The van der Waals surface area contributed by atoms with Crippen LogP contribution in [0.2, 0.25) is 0 Å². The lowest BCUT2D eigenvalue weighted by Gasteiger charge is -2.16. The van der Waals surface area contributed by atoms with E-state index in [9.17, 15) is 4.79 Å². The summed E-state index contributed by atoms with van der Waals surface area (Å²) in [5, 5.41) is 0. The molecule has 0 unspecified atom stereocenters. The number of ether oxygens (including phenoxy) is 1. The van der Waals surface area contributed by atoms with E-state index in [0.29, 0.717) is 12.8 Å². The maximum atomic E-state index is 11.7. The van der Waals surface area contributed by atoms with Crippen LogP contribution in [0, 0.1) is 0 Å². The van der Waals surface area contributed by atoms with E-state index < -0.39 is 5.54 Å². The molecule has 1 aromatic carbocycles. The number of aryl methyl sites for hydroxylation is 1. The zero-order chi connectivity index (χ0) is 12.9. The van der Waals surface area contributed by atoms with Crippen LogP contribution in [0.25, 0.3) is 0 Å². The maximum Gasteiger partial charge on any atom is 0.135 e. The minimum absolute atomic E-state index is 0.216. The first kappa shape index (κ1) is 13.7. The van der Waals surface area contributed by atoms with Gasteiger partial charge in [-0.05, 0) is 38.0 Å². The molecule has 3 nitrogen and oxygen atoms in total. The van der Waals surface area contributed by atoms with Crippen LogP contribution < -0.4 is 10.5 Å². The second-order valence-corrected chi connectivity index (χ2v) is 5.05. The molecule has 0 amide bonds. The Labute approximate surface area is 103 Å². The summed E-state index contributed by atoms with van der Waals surface area (Å²) in [6.07, 6.45) is 1.75. The number of nitrogens with two attached hydrogens (primary N) is 1. The average molecular weight is 235 g/mol.